The Balaban J connectivity index is 1.15. The Morgan fingerprint density at radius 2 is 0.831 bits per heavy atom. The topological polar surface area (TPSA) is 196 Å². The van der Waals surface area contributed by atoms with Gasteiger partial charge in [0.1, 0.15) is 19.8 Å². The van der Waals surface area contributed by atoms with Crippen molar-refractivity contribution in [3.8, 4) is 17.2 Å². The number of rotatable bonds is 35. The SMILES string of the molecule is CCOC(=O)c1cc(OCCOCCOCCOCCOS(=O)(=O)c2ccc(C)cc2)c(OCc2ccccc2)c(OCCOCCOCCOCCOS(=O)(=O)c2ccc(C)cc2)c1. The zero-order valence-corrected chi connectivity index (χ0v) is 38.8. The highest BCUT2D eigenvalue weighted by atomic mass is 32.2. The molecule has 4 rings (SSSR count). The van der Waals surface area contributed by atoms with Crippen LogP contribution in [0.1, 0.15) is 34.0 Å². The van der Waals surface area contributed by atoms with Crippen molar-refractivity contribution in [2.45, 2.75) is 37.2 Å². The van der Waals surface area contributed by atoms with Crippen molar-refractivity contribution in [3.63, 3.8) is 0 Å². The minimum atomic E-state index is -3.85. The lowest BCUT2D eigenvalue weighted by molar-refractivity contribution is 0.00464. The molecule has 358 valence electrons. The molecule has 17 nitrogen and oxygen atoms in total. The summed E-state index contributed by atoms with van der Waals surface area (Å²) in [4.78, 5) is 13.0. The summed E-state index contributed by atoms with van der Waals surface area (Å²) in [5.74, 6) is 0.228. The van der Waals surface area contributed by atoms with Gasteiger partial charge in [0.2, 0.25) is 5.75 Å². The fourth-order valence-electron chi connectivity index (χ4n) is 5.45. The summed E-state index contributed by atoms with van der Waals surface area (Å²) in [5.41, 5.74) is 3.00. The predicted molar refractivity (Wildman–Crippen MR) is 238 cm³/mol. The Bertz CT molecular complexity index is 2050. The largest absolute Gasteiger partial charge is 0.487 e. The Labute approximate surface area is 382 Å². The fraction of sp³-hybridized carbons (Fsp3) is 0.457. The van der Waals surface area contributed by atoms with E-state index in [4.69, 9.17) is 55.7 Å². The van der Waals surface area contributed by atoms with Crippen LogP contribution in [0.25, 0.3) is 0 Å². The molecule has 0 aliphatic heterocycles. The highest BCUT2D eigenvalue weighted by molar-refractivity contribution is 7.87. The molecule has 0 saturated heterocycles. The third-order valence-corrected chi connectivity index (χ3v) is 11.4. The quantitative estimate of drug-likeness (QED) is 0.0308. The van der Waals surface area contributed by atoms with Gasteiger partial charge in [-0.3, -0.25) is 8.37 Å². The van der Waals surface area contributed by atoms with E-state index in [-0.39, 0.29) is 152 Å². The van der Waals surface area contributed by atoms with Gasteiger partial charge in [-0.1, -0.05) is 65.7 Å². The van der Waals surface area contributed by atoms with Crippen LogP contribution in [-0.4, -0.2) is 135 Å². The van der Waals surface area contributed by atoms with Crippen LogP contribution in [0.15, 0.2) is 101 Å². The molecule has 4 aromatic carbocycles. The van der Waals surface area contributed by atoms with E-state index in [1.807, 2.05) is 44.2 Å². The van der Waals surface area contributed by atoms with Gasteiger partial charge < -0.3 is 47.4 Å². The molecule has 0 heterocycles. The number of benzene rings is 4. The lowest BCUT2D eigenvalue weighted by atomic mass is 10.1. The van der Waals surface area contributed by atoms with Gasteiger partial charge in [0, 0.05) is 0 Å². The summed E-state index contributed by atoms with van der Waals surface area (Å²) >= 11 is 0. The predicted octanol–water partition coefficient (Wildman–Crippen LogP) is 5.73. The third-order valence-electron chi connectivity index (χ3n) is 8.77. The molecule has 0 bridgehead atoms. The first-order valence-electron chi connectivity index (χ1n) is 21.1. The van der Waals surface area contributed by atoms with Gasteiger partial charge in [0.25, 0.3) is 20.2 Å². The highest BCUT2D eigenvalue weighted by Crippen LogP contribution is 2.40. The molecule has 0 spiro atoms. The zero-order valence-electron chi connectivity index (χ0n) is 37.1. The fourth-order valence-corrected chi connectivity index (χ4v) is 7.24. The summed E-state index contributed by atoms with van der Waals surface area (Å²) in [6.07, 6.45) is 0. The van der Waals surface area contributed by atoms with E-state index in [9.17, 15) is 21.6 Å². The lowest BCUT2D eigenvalue weighted by Crippen LogP contribution is -2.16. The molecule has 0 atom stereocenters. The van der Waals surface area contributed by atoms with Crippen molar-refractivity contribution < 1.29 is 77.4 Å². The maximum Gasteiger partial charge on any atom is 0.338 e. The molecule has 0 N–H and O–H groups in total. The van der Waals surface area contributed by atoms with Crippen molar-refractivity contribution >= 4 is 26.2 Å². The summed E-state index contributed by atoms with van der Waals surface area (Å²) in [7, 11) is -7.70. The van der Waals surface area contributed by atoms with Crippen LogP contribution in [0.2, 0.25) is 0 Å². The van der Waals surface area contributed by atoms with Crippen LogP contribution >= 0.6 is 0 Å². The molecule has 0 aliphatic carbocycles. The average molecular weight is 949 g/mol. The standard InChI is InChI=1S/C46H60O17S2/c1-4-58-46(47)40-34-43(59-30-26-54-22-18-52-20-24-56-28-32-62-64(48,49)41-14-10-37(2)11-15-41)45(61-36-39-8-6-5-7-9-39)44(35-40)60-31-27-55-23-19-53-21-25-57-29-33-63-65(50,51)42-16-12-38(3)13-17-42/h5-17,34-35H,4,18-33,36H2,1-3H3. The molecule has 0 aromatic heterocycles. The Hall–Kier alpha value is -4.67. The van der Waals surface area contributed by atoms with Crippen molar-refractivity contribution in [1.29, 1.82) is 0 Å². The number of aryl methyl sites for hydroxylation is 2. The second-order valence-corrected chi connectivity index (χ2v) is 17.1. The molecule has 0 saturated carbocycles. The molecule has 0 radical (unpaired) electrons. The molecule has 65 heavy (non-hydrogen) atoms. The van der Waals surface area contributed by atoms with Crippen molar-refractivity contribution in [1.82, 2.24) is 0 Å². The number of ether oxygens (including phenoxy) is 10. The van der Waals surface area contributed by atoms with Gasteiger partial charge in [0.15, 0.2) is 11.5 Å². The Kier molecular flexibility index (Phi) is 24.3. The smallest absolute Gasteiger partial charge is 0.338 e. The van der Waals surface area contributed by atoms with E-state index in [2.05, 4.69) is 0 Å². The van der Waals surface area contributed by atoms with Crippen LogP contribution in [0.3, 0.4) is 0 Å². The summed E-state index contributed by atoms with van der Waals surface area (Å²) < 4.78 is 116. The van der Waals surface area contributed by atoms with Gasteiger partial charge >= 0.3 is 5.97 Å². The monoisotopic (exact) mass is 948 g/mol. The normalized spacial score (nSPS) is 11.7. The van der Waals surface area contributed by atoms with Gasteiger partial charge in [-0.15, -0.1) is 0 Å². The molecule has 4 aromatic rings. The zero-order chi connectivity index (χ0) is 46.6. The van der Waals surface area contributed by atoms with Gasteiger partial charge in [-0.05, 0) is 62.7 Å². The minimum Gasteiger partial charge on any atom is -0.487 e. The third kappa shape index (κ3) is 20.6. The minimum absolute atomic E-state index is 0.0823. The van der Waals surface area contributed by atoms with Gasteiger partial charge in [0.05, 0.1) is 114 Å². The molecule has 0 aliphatic rings. The van der Waals surface area contributed by atoms with E-state index in [1.165, 1.54) is 36.4 Å². The van der Waals surface area contributed by atoms with E-state index >= 15 is 0 Å². The van der Waals surface area contributed by atoms with Crippen LogP contribution in [-0.2, 0) is 68.4 Å². The summed E-state index contributed by atoms with van der Waals surface area (Å²) in [5, 5.41) is 0. The van der Waals surface area contributed by atoms with Crippen molar-refractivity contribution in [2.24, 2.45) is 0 Å². The first-order valence-corrected chi connectivity index (χ1v) is 24.0. The molecule has 0 amide bonds. The maximum absolute atomic E-state index is 12.9. The Morgan fingerprint density at radius 1 is 0.462 bits per heavy atom. The van der Waals surface area contributed by atoms with Crippen LogP contribution < -0.4 is 14.2 Å². The molecule has 0 unspecified atom stereocenters. The molecule has 19 heteroatoms. The first kappa shape index (κ1) is 52.9. The molecule has 0 fully saturated rings. The number of hydrogen-bond donors (Lipinski definition) is 0. The number of carbonyl (C=O) groups is 1. The Morgan fingerprint density at radius 3 is 1.22 bits per heavy atom. The summed E-state index contributed by atoms with van der Waals surface area (Å²) in [6, 6.07) is 25.4. The maximum atomic E-state index is 12.9. The molecular weight excluding hydrogens is 889 g/mol. The van der Waals surface area contributed by atoms with Crippen LogP contribution in [0.4, 0.5) is 0 Å². The van der Waals surface area contributed by atoms with Crippen LogP contribution in [0, 0.1) is 13.8 Å². The van der Waals surface area contributed by atoms with E-state index < -0.39 is 26.2 Å². The van der Waals surface area contributed by atoms with E-state index in [0.717, 1.165) is 16.7 Å². The summed E-state index contributed by atoms with van der Waals surface area (Å²) in [6.45, 7) is 8.50. The van der Waals surface area contributed by atoms with Crippen molar-refractivity contribution in [2.75, 3.05) is 112 Å². The average Bonchev–Trinajstić information content (AvgIpc) is 3.29. The van der Waals surface area contributed by atoms with Crippen molar-refractivity contribution in [3.05, 3.63) is 113 Å². The molecular formula is C46H60O17S2. The number of hydrogen-bond acceptors (Lipinski definition) is 17. The second-order valence-electron chi connectivity index (χ2n) is 13.8. The first-order chi connectivity index (χ1) is 31.5. The van der Waals surface area contributed by atoms with Gasteiger partial charge in [-0.25, -0.2) is 4.79 Å². The highest BCUT2D eigenvalue weighted by Gasteiger charge is 2.21. The van der Waals surface area contributed by atoms with E-state index in [1.54, 1.807) is 31.2 Å². The van der Waals surface area contributed by atoms with E-state index in [0.29, 0.717) is 0 Å². The van der Waals surface area contributed by atoms with Gasteiger partial charge in [-0.2, -0.15) is 16.8 Å². The number of carbonyl (C=O) groups excluding carboxylic acids is 1. The number of esters is 1. The lowest BCUT2D eigenvalue weighted by Gasteiger charge is -2.19. The van der Waals surface area contributed by atoms with Crippen LogP contribution in [0.5, 0.6) is 17.2 Å². The second kappa shape index (κ2) is 29.8.